The van der Waals surface area contributed by atoms with Gasteiger partial charge in [0.05, 0.1) is 16.4 Å². The SMILES string of the molecule is Cc1cc(N)c(Cl)cc1NS(=O)(=O)c1ccc(C#N)s1. The topological polar surface area (TPSA) is 96.0 Å². The second kappa shape index (κ2) is 5.32. The maximum atomic E-state index is 12.2. The molecule has 0 spiro atoms. The van der Waals surface area contributed by atoms with Gasteiger partial charge >= 0.3 is 0 Å². The Bertz CT molecular complexity index is 807. The van der Waals surface area contributed by atoms with E-state index < -0.39 is 10.0 Å². The number of halogens is 1. The number of aryl methyl sites for hydroxylation is 1. The Hall–Kier alpha value is -1.75. The molecule has 0 aliphatic carbocycles. The molecule has 0 amide bonds. The molecule has 104 valence electrons. The van der Waals surface area contributed by atoms with Gasteiger partial charge in [-0.3, -0.25) is 4.72 Å². The summed E-state index contributed by atoms with van der Waals surface area (Å²) in [6, 6.07) is 7.80. The molecule has 0 aliphatic rings. The van der Waals surface area contributed by atoms with Gasteiger partial charge in [-0.15, -0.1) is 11.3 Å². The lowest BCUT2D eigenvalue weighted by Gasteiger charge is -2.11. The van der Waals surface area contributed by atoms with Gasteiger partial charge in [0.25, 0.3) is 10.0 Å². The van der Waals surface area contributed by atoms with Crippen LogP contribution in [0.3, 0.4) is 0 Å². The van der Waals surface area contributed by atoms with Crippen molar-refractivity contribution in [2.24, 2.45) is 0 Å². The normalized spacial score (nSPS) is 11.1. The van der Waals surface area contributed by atoms with Gasteiger partial charge in [-0.2, -0.15) is 5.26 Å². The molecule has 2 aromatic rings. The monoisotopic (exact) mass is 327 g/mol. The second-order valence-corrected chi connectivity index (χ2v) is 7.42. The predicted molar refractivity (Wildman–Crippen MR) is 80.4 cm³/mol. The van der Waals surface area contributed by atoms with Crippen molar-refractivity contribution in [3.05, 3.63) is 39.7 Å². The van der Waals surface area contributed by atoms with Crippen LogP contribution in [-0.2, 0) is 10.0 Å². The van der Waals surface area contributed by atoms with Gasteiger partial charge in [0.15, 0.2) is 0 Å². The van der Waals surface area contributed by atoms with Crippen molar-refractivity contribution in [2.45, 2.75) is 11.1 Å². The number of nitriles is 1. The lowest BCUT2D eigenvalue weighted by Crippen LogP contribution is -2.12. The molecule has 0 saturated heterocycles. The Labute approximate surface area is 125 Å². The van der Waals surface area contributed by atoms with Crippen molar-refractivity contribution in [3.63, 3.8) is 0 Å². The van der Waals surface area contributed by atoms with E-state index in [0.29, 0.717) is 21.8 Å². The summed E-state index contributed by atoms with van der Waals surface area (Å²) in [5.41, 5.74) is 7.04. The van der Waals surface area contributed by atoms with Crippen LogP contribution in [0.4, 0.5) is 11.4 Å². The van der Waals surface area contributed by atoms with Crippen LogP contribution >= 0.6 is 22.9 Å². The first-order chi connectivity index (χ1) is 9.33. The Morgan fingerprint density at radius 1 is 1.40 bits per heavy atom. The number of sulfonamides is 1. The van der Waals surface area contributed by atoms with Gasteiger partial charge in [-0.05, 0) is 36.8 Å². The number of nitrogens with zero attached hydrogens (tertiary/aromatic N) is 1. The van der Waals surface area contributed by atoms with Crippen LogP contribution in [0, 0.1) is 18.3 Å². The molecule has 0 bridgehead atoms. The molecule has 2 rings (SSSR count). The smallest absolute Gasteiger partial charge is 0.271 e. The number of hydrogen-bond donors (Lipinski definition) is 2. The summed E-state index contributed by atoms with van der Waals surface area (Å²) in [5.74, 6) is 0. The first-order valence-electron chi connectivity index (χ1n) is 5.42. The molecule has 1 aromatic heterocycles. The zero-order valence-electron chi connectivity index (χ0n) is 10.3. The summed E-state index contributed by atoms with van der Waals surface area (Å²) in [5, 5.41) is 9.01. The fourth-order valence-electron chi connectivity index (χ4n) is 1.53. The molecule has 0 aliphatic heterocycles. The Morgan fingerprint density at radius 2 is 2.10 bits per heavy atom. The Kier molecular flexibility index (Phi) is 3.90. The van der Waals surface area contributed by atoms with Gasteiger partial charge < -0.3 is 5.73 Å². The van der Waals surface area contributed by atoms with E-state index in [1.54, 1.807) is 13.0 Å². The third-order valence-electron chi connectivity index (χ3n) is 2.54. The Morgan fingerprint density at radius 3 is 2.70 bits per heavy atom. The fourth-order valence-corrected chi connectivity index (χ4v) is 3.92. The highest BCUT2D eigenvalue weighted by Crippen LogP contribution is 2.29. The number of benzene rings is 1. The molecule has 0 saturated carbocycles. The van der Waals surface area contributed by atoms with E-state index in [2.05, 4.69) is 4.72 Å². The van der Waals surface area contributed by atoms with Crippen LogP contribution in [0.2, 0.25) is 5.02 Å². The molecular formula is C12H10ClN3O2S2. The molecule has 0 atom stereocenters. The molecule has 1 aromatic carbocycles. The van der Waals surface area contributed by atoms with E-state index in [1.807, 2.05) is 6.07 Å². The molecule has 0 fully saturated rings. The van der Waals surface area contributed by atoms with Gasteiger partial charge in [0.1, 0.15) is 15.2 Å². The van der Waals surface area contributed by atoms with E-state index in [9.17, 15) is 8.42 Å². The molecule has 0 unspecified atom stereocenters. The van der Waals surface area contributed by atoms with E-state index in [-0.39, 0.29) is 9.23 Å². The van der Waals surface area contributed by atoms with Crippen molar-refractivity contribution in [3.8, 4) is 6.07 Å². The minimum atomic E-state index is -3.74. The van der Waals surface area contributed by atoms with E-state index in [0.717, 1.165) is 11.3 Å². The van der Waals surface area contributed by atoms with Crippen molar-refractivity contribution in [2.75, 3.05) is 10.5 Å². The van der Waals surface area contributed by atoms with Crippen LogP contribution in [-0.4, -0.2) is 8.42 Å². The third-order valence-corrected chi connectivity index (χ3v) is 5.72. The van der Waals surface area contributed by atoms with E-state index >= 15 is 0 Å². The number of hydrogen-bond acceptors (Lipinski definition) is 5. The van der Waals surface area contributed by atoms with Crippen LogP contribution in [0.1, 0.15) is 10.4 Å². The molecule has 0 radical (unpaired) electrons. The first kappa shape index (κ1) is 14.7. The lowest BCUT2D eigenvalue weighted by atomic mass is 10.2. The minimum absolute atomic E-state index is 0.0707. The Balaban J connectivity index is 2.38. The number of nitrogens with one attached hydrogen (secondary N) is 1. The summed E-state index contributed by atoms with van der Waals surface area (Å²) >= 11 is 6.79. The van der Waals surface area contributed by atoms with Crippen molar-refractivity contribution in [1.29, 1.82) is 5.26 Å². The first-order valence-corrected chi connectivity index (χ1v) is 8.09. The highest BCUT2D eigenvalue weighted by atomic mass is 35.5. The quantitative estimate of drug-likeness (QED) is 0.847. The molecule has 20 heavy (non-hydrogen) atoms. The maximum absolute atomic E-state index is 12.2. The summed E-state index contributed by atoms with van der Waals surface area (Å²) in [6.07, 6.45) is 0. The number of thiophene rings is 1. The number of anilines is 2. The zero-order chi connectivity index (χ0) is 14.9. The van der Waals surface area contributed by atoms with Crippen LogP contribution in [0.5, 0.6) is 0 Å². The predicted octanol–water partition coefficient (Wildman–Crippen LogP) is 2.96. The van der Waals surface area contributed by atoms with E-state index in [1.165, 1.54) is 18.2 Å². The molecule has 3 N–H and O–H groups in total. The lowest BCUT2D eigenvalue weighted by molar-refractivity contribution is 0.603. The fraction of sp³-hybridized carbons (Fsp3) is 0.0833. The number of rotatable bonds is 3. The average molecular weight is 328 g/mol. The number of nitrogen functional groups attached to an aromatic ring is 1. The molecule has 8 heteroatoms. The largest absolute Gasteiger partial charge is 0.398 e. The minimum Gasteiger partial charge on any atom is -0.398 e. The van der Waals surface area contributed by atoms with Crippen LogP contribution < -0.4 is 10.5 Å². The highest BCUT2D eigenvalue weighted by Gasteiger charge is 2.18. The van der Waals surface area contributed by atoms with Crippen molar-refractivity contribution in [1.82, 2.24) is 0 Å². The van der Waals surface area contributed by atoms with Crippen LogP contribution in [0.25, 0.3) is 0 Å². The van der Waals surface area contributed by atoms with Gasteiger partial charge in [0, 0.05) is 0 Å². The molecular weight excluding hydrogens is 318 g/mol. The summed E-state index contributed by atoms with van der Waals surface area (Å²) < 4.78 is 26.9. The van der Waals surface area contributed by atoms with Crippen LogP contribution in [0.15, 0.2) is 28.5 Å². The molecule has 5 nitrogen and oxygen atoms in total. The molecule has 1 heterocycles. The number of nitrogens with two attached hydrogens (primary N) is 1. The van der Waals surface area contributed by atoms with Gasteiger partial charge in [-0.1, -0.05) is 11.6 Å². The summed E-state index contributed by atoms with van der Waals surface area (Å²) in [6.45, 7) is 1.72. The average Bonchev–Trinajstić information content (AvgIpc) is 2.85. The van der Waals surface area contributed by atoms with Crippen molar-refractivity contribution < 1.29 is 8.42 Å². The van der Waals surface area contributed by atoms with E-state index in [4.69, 9.17) is 22.6 Å². The highest BCUT2D eigenvalue weighted by molar-refractivity contribution is 7.94. The zero-order valence-corrected chi connectivity index (χ0v) is 12.7. The van der Waals surface area contributed by atoms with Gasteiger partial charge in [0.2, 0.25) is 0 Å². The summed E-state index contributed by atoms with van der Waals surface area (Å²) in [4.78, 5) is 0.331. The summed E-state index contributed by atoms with van der Waals surface area (Å²) in [7, 11) is -3.74. The standard InChI is InChI=1S/C12H10ClN3O2S2/c1-7-4-10(15)9(13)5-11(7)16-20(17,18)12-3-2-8(6-14)19-12/h2-5,16H,15H2,1H3. The van der Waals surface area contributed by atoms with Gasteiger partial charge in [-0.25, -0.2) is 8.42 Å². The second-order valence-electron chi connectivity index (χ2n) is 4.02. The third kappa shape index (κ3) is 2.88. The maximum Gasteiger partial charge on any atom is 0.271 e. The van der Waals surface area contributed by atoms with Crippen molar-refractivity contribution >= 4 is 44.3 Å².